The molecule has 0 radical (unpaired) electrons. The lowest BCUT2D eigenvalue weighted by atomic mass is 9.84. The third-order valence-corrected chi connectivity index (χ3v) is 6.58. The number of nitrogens with zero attached hydrogens (tertiary/aromatic N) is 1. The van der Waals surface area contributed by atoms with Crippen molar-refractivity contribution in [2.24, 2.45) is 5.41 Å². The summed E-state index contributed by atoms with van der Waals surface area (Å²) < 4.78 is 6.07. The molecule has 1 N–H and O–H groups in total. The van der Waals surface area contributed by atoms with Gasteiger partial charge in [-0.25, -0.2) is 0 Å². The maximum Gasteiger partial charge on any atom is 0.236 e. The highest BCUT2D eigenvalue weighted by atomic mass is 16.5. The monoisotopic (exact) mass is 484 g/mol. The number of hydrogen-bond donors (Lipinski definition) is 1. The number of fused-ring (bicyclic) bond motifs is 2. The normalized spacial score (nSPS) is 13.4. The smallest absolute Gasteiger partial charge is 0.236 e. The predicted molar refractivity (Wildman–Crippen MR) is 147 cm³/mol. The fraction of sp³-hybridized carbons (Fsp3) is 0.152. The summed E-state index contributed by atoms with van der Waals surface area (Å²) in [6.07, 6.45) is 0. The van der Waals surface area contributed by atoms with E-state index in [4.69, 9.17) is 4.74 Å². The highest BCUT2D eigenvalue weighted by molar-refractivity contribution is 5.93. The molecule has 0 bridgehead atoms. The third kappa shape index (κ3) is 4.77. The molecular weight excluding hydrogens is 456 g/mol. The number of allylic oxidation sites excluding steroid dienone is 2. The minimum absolute atomic E-state index is 0.193. The first-order chi connectivity index (χ1) is 17.9. The van der Waals surface area contributed by atoms with Crippen LogP contribution in [0.25, 0.3) is 16.7 Å². The van der Waals surface area contributed by atoms with Gasteiger partial charge in [0.2, 0.25) is 5.91 Å². The van der Waals surface area contributed by atoms with Crippen LogP contribution in [0, 0.1) is 16.7 Å². The molecule has 0 aliphatic carbocycles. The van der Waals surface area contributed by atoms with Gasteiger partial charge in [-0.1, -0.05) is 112 Å². The summed E-state index contributed by atoms with van der Waals surface area (Å²) in [5.74, 6) is 0.583. The molecule has 1 aliphatic rings. The second-order valence-electron chi connectivity index (χ2n) is 10.2. The first-order valence-electron chi connectivity index (χ1n) is 12.3. The number of nitriles is 1. The van der Waals surface area contributed by atoms with Gasteiger partial charge in [0, 0.05) is 22.2 Å². The molecule has 4 aromatic rings. The number of amides is 1. The Hall–Kier alpha value is -4.62. The molecule has 4 nitrogen and oxygen atoms in total. The molecule has 5 rings (SSSR count). The van der Waals surface area contributed by atoms with E-state index < -0.39 is 11.3 Å². The molecule has 0 aromatic heterocycles. The van der Waals surface area contributed by atoms with Crippen LogP contribution in [-0.4, -0.2) is 5.91 Å². The maximum absolute atomic E-state index is 14.0. The van der Waals surface area contributed by atoms with Crippen molar-refractivity contribution in [3.05, 3.63) is 126 Å². The summed E-state index contributed by atoms with van der Waals surface area (Å²) in [5, 5.41) is 13.4. The lowest BCUT2D eigenvalue weighted by Gasteiger charge is -2.30. The van der Waals surface area contributed by atoms with Gasteiger partial charge in [-0.2, -0.15) is 5.26 Å². The lowest BCUT2D eigenvalue weighted by Crippen LogP contribution is -2.36. The Labute approximate surface area is 217 Å². The van der Waals surface area contributed by atoms with E-state index in [1.54, 1.807) is 0 Å². The molecule has 37 heavy (non-hydrogen) atoms. The Morgan fingerprint density at radius 1 is 0.757 bits per heavy atom. The average molecular weight is 485 g/mol. The van der Waals surface area contributed by atoms with Crippen molar-refractivity contribution < 1.29 is 9.53 Å². The van der Waals surface area contributed by atoms with Gasteiger partial charge in [0.25, 0.3) is 0 Å². The van der Waals surface area contributed by atoms with Gasteiger partial charge >= 0.3 is 0 Å². The number of para-hydroxylation sites is 2. The lowest BCUT2D eigenvalue weighted by molar-refractivity contribution is -0.121. The fourth-order valence-electron chi connectivity index (χ4n) is 4.74. The Bertz CT molecular complexity index is 1480. The molecule has 0 saturated carbocycles. The molecule has 4 aromatic carbocycles. The van der Waals surface area contributed by atoms with Crippen molar-refractivity contribution in [3.63, 3.8) is 0 Å². The number of benzene rings is 4. The second kappa shape index (κ2) is 9.79. The van der Waals surface area contributed by atoms with E-state index in [1.807, 2.05) is 112 Å². The first kappa shape index (κ1) is 24.1. The third-order valence-electron chi connectivity index (χ3n) is 6.58. The van der Waals surface area contributed by atoms with Crippen LogP contribution < -0.4 is 10.1 Å². The van der Waals surface area contributed by atoms with Gasteiger partial charge in [-0.05, 0) is 28.8 Å². The Balaban J connectivity index is 1.55. The molecule has 1 heterocycles. The molecule has 0 fully saturated rings. The Morgan fingerprint density at radius 3 is 1.81 bits per heavy atom. The highest BCUT2D eigenvalue weighted by Crippen LogP contribution is 2.44. The van der Waals surface area contributed by atoms with E-state index in [2.05, 4.69) is 23.5 Å². The largest absolute Gasteiger partial charge is 0.457 e. The number of carbonyl (C=O) groups excluding carboxylic acids is 1. The summed E-state index contributed by atoms with van der Waals surface area (Å²) in [6, 6.07) is 35.6. The molecule has 0 atom stereocenters. The Kier molecular flexibility index (Phi) is 6.38. The summed E-state index contributed by atoms with van der Waals surface area (Å²) in [6.45, 7) is 6.01. The molecule has 0 unspecified atom stereocenters. The molecule has 4 heteroatoms. The maximum atomic E-state index is 14.0. The number of carbonyl (C=O) groups is 1. The minimum atomic E-state index is -0.557. The molecule has 1 aliphatic heterocycles. The number of ether oxygens (including phenoxy) is 1. The summed E-state index contributed by atoms with van der Waals surface area (Å²) >= 11 is 0. The van der Waals surface area contributed by atoms with Crippen LogP contribution in [0.15, 0.2) is 109 Å². The number of nitrogens with one attached hydrogen (secondary N) is 1. The van der Waals surface area contributed by atoms with Crippen LogP contribution in [0.3, 0.4) is 0 Å². The van der Waals surface area contributed by atoms with Crippen molar-refractivity contribution in [2.75, 3.05) is 0 Å². The van der Waals surface area contributed by atoms with Crippen LogP contribution >= 0.6 is 0 Å². The van der Waals surface area contributed by atoms with Crippen LogP contribution in [0.1, 0.15) is 43.4 Å². The zero-order valence-electron chi connectivity index (χ0n) is 21.2. The quantitative estimate of drug-likeness (QED) is 0.302. The zero-order valence-corrected chi connectivity index (χ0v) is 21.2. The SMILES string of the molecule is CC(C)(C)/C(NC(=O)C1c2ccccc2Oc2ccccc21)=C(\C#N)c1ccc(-c2ccccc2)cc1. The minimum Gasteiger partial charge on any atom is -0.457 e. The van der Waals surface area contributed by atoms with E-state index in [0.717, 1.165) is 27.8 Å². The van der Waals surface area contributed by atoms with Gasteiger partial charge in [0.1, 0.15) is 17.6 Å². The van der Waals surface area contributed by atoms with Crippen molar-refractivity contribution >= 4 is 11.5 Å². The summed E-state index contributed by atoms with van der Waals surface area (Å²) in [4.78, 5) is 14.0. The zero-order chi connectivity index (χ0) is 26.0. The van der Waals surface area contributed by atoms with Crippen LogP contribution in [0.5, 0.6) is 11.5 Å². The Morgan fingerprint density at radius 2 is 1.27 bits per heavy atom. The summed E-state index contributed by atoms with van der Waals surface area (Å²) in [5.41, 5.74) is 5.11. The first-order valence-corrected chi connectivity index (χ1v) is 12.3. The number of rotatable bonds is 4. The van der Waals surface area contributed by atoms with Crippen LogP contribution in [0.4, 0.5) is 0 Å². The van der Waals surface area contributed by atoms with Gasteiger partial charge in [-0.15, -0.1) is 0 Å². The van der Waals surface area contributed by atoms with E-state index in [0.29, 0.717) is 22.8 Å². The van der Waals surface area contributed by atoms with Gasteiger partial charge in [0.15, 0.2) is 0 Å². The number of hydrogen-bond acceptors (Lipinski definition) is 3. The van der Waals surface area contributed by atoms with Gasteiger partial charge < -0.3 is 10.1 Å². The highest BCUT2D eigenvalue weighted by Gasteiger charge is 2.34. The fourth-order valence-corrected chi connectivity index (χ4v) is 4.74. The van der Waals surface area contributed by atoms with Gasteiger partial charge in [-0.3, -0.25) is 4.79 Å². The molecule has 0 spiro atoms. The molecular formula is C33H28N2O2. The van der Waals surface area contributed by atoms with E-state index in [9.17, 15) is 10.1 Å². The van der Waals surface area contributed by atoms with Crippen molar-refractivity contribution in [1.82, 2.24) is 5.32 Å². The standard InChI is InChI=1S/C33H28N2O2/c1-33(2,3)31(27(21-34)24-19-17-23(18-20-24)22-11-5-4-6-12-22)35-32(36)30-25-13-7-9-15-28(25)37-29-16-10-8-14-26(29)30/h4-20,30H,1-3H3,(H,35,36)/b31-27-. The summed E-state index contributed by atoms with van der Waals surface area (Å²) in [7, 11) is 0. The average Bonchev–Trinajstić information content (AvgIpc) is 2.91. The topological polar surface area (TPSA) is 62.1 Å². The second-order valence-corrected chi connectivity index (χ2v) is 10.2. The van der Waals surface area contributed by atoms with Crippen LogP contribution in [-0.2, 0) is 4.79 Å². The van der Waals surface area contributed by atoms with Crippen molar-refractivity contribution in [1.29, 1.82) is 5.26 Å². The van der Waals surface area contributed by atoms with Crippen molar-refractivity contribution in [2.45, 2.75) is 26.7 Å². The van der Waals surface area contributed by atoms with E-state index in [-0.39, 0.29) is 5.91 Å². The van der Waals surface area contributed by atoms with Crippen molar-refractivity contribution in [3.8, 4) is 28.7 Å². The molecule has 1 amide bonds. The molecule has 0 saturated heterocycles. The van der Waals surface area contributed by atoms with Gasteiger partial charge in [0.05, 0.1) is 11.5 Å². The predicted octanol–water partition coefficient (Wildman–Crippen LogP) is 7.69. The van der Waals surface area contributed by atoms with E-state index >= 15 is 0 Å². The molecule has 182 valence electrons. The van der Waals surface area contributed by atoms with Crippen LogP contribution in [0.2, 0.25) is 0 Å². The van der Waals surface area contributed by atoms with E-state index in [1.165, 1.54) is 0 Å².